The lowest BCUT2D eigenvalue weighted by Crippen LogP contribution is -2.16. The highest BCUT2D eigenvalue weighted by Crippen LogP contribution is 2.27. The molecule has 1 nitrogen and oxygen atoms in total. The molecule has 0 amide bonds. The van der Waals surface area contributed by atoms with E-state index in [1.807, 2.05) is 7.05 Å². The molecule has 0 bridgehead atoms. The Morgan fingerprint density at radius 2 is 2.14 bits per heavy atom. The molecule has 1 aromatic rings. The van der Waals surface area contributed by atoms with Crippen molar-refractivity contribution in [1.82, 2.24) is 5.32 Å². The van der Waals surface area contributed by atoms with Crippen molar-refractivity contribution in [3.05, 3.63) is 33.8 Å². The molecule has 2 heteroatoms. The summed E-state index contributed by atoms with van der Waals surface area (Å²) in [4.78, 5) is 0. The number of benzene rings is 1. The van der Waals surface area contributed by atoms with Crippen LogP contribution in [0.1, 0.15) is 36.9 Å². The first-order valence-corrected chi connectivity index (χ1v) is 5.91. The zero-order valence-electron chi connectivity index (χ0n) is 9.10. The molecule has 1 aromatic carbocycles. The maximum absolute atomic E-state index is 3.60. The maximum atomic E-state index is 3.60. The summed E-state index contributed by atoms with van der Waals surface area (Å²) >= 11 is 3.60. The fraction of sp³-hybridized carbons (Fsp3) is 0.500. The lowest BCUT2D eigenvalue weighted by Gasteiger charge is -2.17. The highest BCUT2D eigenvalue weighted by Gasteiger charge is 2.11. The zero-order chi connectivity index (χ0) is 10.6. The van der Waals surface area contributed by atoms with Crippen LogP contribution < -0.4 is 5.32 Å². The zero-order valence-corrected chi connectivity index (χ0v) is 10.7. The third-order valence-corrected chi connectivity index (χ3v) is 3.17. The van der Waals surface area contributed by atoms with Crippen LogP contribution in [0.25, 0.3) is 0 Å². The number of nitrogens with one attached hydrogen (secondary N) is 1. The first kappa shape index (κ1) is 11.7. The molecule has 1 atom stereocenters. The van der Waals surface area contributed by atoms with Crippen molar-refractivity contribution in [2.75, 3.05) is 7.05 Å². The summed E-state index contributed by atoms with van der Waals surface area (Å²) in [6, 6.07) is 6.98. The fourth-order valence-corrected chi connectivity index (χ4v) is 2.20. The minimum atomic E-state index is 0.467. The van der Waals surface area contributed by atoms with E-state index < -0.39 is 0 Å². The monoisotopic (exact) mass is 255 g/mol. The second-order valence-corrected chi connectivity index (χ2v) is 4.51. The van der Waals surface area contributed by atoms with Gasteiger partial charge in [-0.2, -0.15) is 0 Å². The quantitative estimate of drug-likeness (QED) is 0.863. The predicted octanol–water partition coefficient (Wildman–Crippen LogP) is 3.82. The van der Waals surface area contributed by atoms with E-state index >= 15 is 0 Å². The van der Waals surface area contributed by atoms with Crippen molar-refractivity contribution >= 4 is 15.9 Å². The van der Waals surface area contributed by atoms with Gasteiger partial charge in [0.05, 0.1) is 0 Å². The summed E-state index contributed by atoms with van der Waals surface area (Å²) in [6.07, 6.45) is 2.38. The van der Waals surface area contributed by atoms with E-state index in [0.29, 0.717) is 6.04 Å². The molecule has 14 heavy (non-hydrogen) atoms. The molecular formula is C12H18BrN. The minimum absolute atomic E-state index is 0.467. The lowest BCUT2D eigenvalue weighted by molar-refractivity contribution is 0.539. The second kappa shape index (κ2) is 5.52. The third-order valence-electron chi connectivity index (χ3n) is 2.45. The smallest absolute Gasteiger partial charge is 0.0328 e. The molecule has 0 saturated carbocycles. The van der Waals surface area contributed by atoms with E-state index in [1.54, 1.807) is 0 Å². The van der Waals surface area contributed by atoms with Gasteiger partial charge >= 0.3 is 0 Å². The van der Waals surface area contributed by atoms with E-state index in [1.165, 1.54) is 28.4 Å². The van der Waals surface area contributed by atoms with Crippen molar-refractivity contribution in [2.45, 2.75) is 32.7 Å². The maximum Gasteiger partial charge on any atom is 0.0328 e. The molecule has 0 fully saturated rings. The average Bonchev–Trinajstić information content (AvgIpc) is 2.18. The molecule has 1 unspecified atom stereocenters. The molecule has 0 aliphatic rings. The predicted molar refractivity (Wildman–Crippen MR) is 65.6 cm³/mol. The van der Waals surface area contributed by atoms with Gasteiger partial charge in [-0.1, -0.05) is 47.0 Å². The van der Waals surface area contributed by atoms with Gasteiger partial charge in [0.2, 0.25) is 0 Å². The molecule has 0 aliphatic heterocycles. The molecule has 0 aliphatic carbocycles. The fourth-order valence-electron chi connectivity index (χ4n) is 1.67. The second-order valence-electron chi connectivity index (χ2n) is 3.65. The molecule has 78 valence electrons. The summed E-state index contributed by atoms with van der Waals surface area (Å²) in [5, 5.41) is 3.36. The Kier molecular flexibility index (Phi) is 4.63. The topological polar surface area (TPSA) is 12.0 Å². The van der Waals surface area contributed by atoms with E-state index in [2.05, 4.69) is 53.3 Å². The summed E-state index contributed by atoms with van der Waals surface area (Å²) in [6.45, 7) is 4.35. The Bertz CT molecular complexity index is 296. The van der Waals surface area contributed by atoms with Gasteiger partial charge in [0.25, 0.3) is 0 Å². The molecule has 0 saturated heterocycles. The third kappa shape index (κ3) is 2.82. The van der Waals surface area contributed by atoms with Crippen LogP contribution in [0.3, 0.4) is 0 Å². The number of rotatable bonds is 4. The Morgan fingerprint density at radius 3 is 2.71 bits per heavy atom. The van der Waals surface area contributed by atoms with Gasteiger partial charge in [-0.25, -0.2) is 0 Å². The van der Waals surface area contributed by atoms with E-state index in [-0.39, 0.29) is 0 Å². The molecule has 0 spiro atoms. The van der Waals surface area contributed by atoms with E-state index in [4.69, 9.17) is 0 Å². The van der Waals surface area contributed by atoms with E-state index in [0.717, 1.165) is 0 Å². The highest BCUT2D eigenvalue weighted by atomic mass is 79.9. The Hall–Kier alpha value is -0.340. The van der Waals surface area contributed by atoms with Gasteiger partial charge in [0, 0.05) is 10.5 Å². The summed E-state index contributed by atoms with van der Waals surface area (Å²) in [5.74, 6) is 0. The normalized spacial score (nSPS) is 12.9. The van der Waals surface area contributed by atoms with Crippen LogP contribution in [0.5, 0.6) is 0 Å². The SMILES string of the molecule is CCCC(NC)c1cc(C)ccc1Br. The molecule has 1 N–H and O–H groups in total. The van der Waals surface area contributed by atoms with Gasteiger partial charge in [0.15, 0.2) is 0 Å². The first-order valence-electron chi connectivity index (χ1n) is 5.12. The average molecular weight is 256 g/mol. The molecule has 0 radical (unpaired) electrons. The minimum Gasteiger partial charge on any atom is -0.313 e. The van der Waals surface area contributed by atoms with Crippen molar-refractivity contribution in [1.29, 1.82) is 0 Å². The van der Waals surface area contributed by atoms with Crippen molar-refractivity contribution < 1.29 is 0 Å². The first-order chi connectivity index (χ1) is 6.69. The number of aryl methyl sites for hydroxylation is 1. The summed E-state index contributed by atoms with van der Waals surface area (Å²) in [7, 11) is 2.02. The molecular weight excluding hydrogens is 238 g/mol. The Balaban J connectivity index is 2.96. The van der Waals surface area contributed by atoms with Crippen molar-refractivity contribution in [2.24, 2.45) is 0 Å². The molecule has 1 rings (SSSR count). The van der Waals surface area contributed by atoms with Crippen LogP contribution in [-0.2, 0) is 0 Å². The van der Waals surface area contributed by atoms with Crippen molar-refractivity contribution in [3.8, 4) is 0 Å². The van der Waals surface area contributed by atoms with Crippen LogP contribution in [0.4, 0.5) is 0 Å². The van der Waals surface area contributed by atoms with Gasteiger partial charge in [0.1, 0.15) is 0 Å². The van der Waals surface area contributed by atoms with Gasteiger partial charge < -0.3 is 5.32 Å². The molecule has 0 aromatic heterocycles. The Labute approximate surface area is 95.0 Å². The number of hydrogen-bond acceptors (Lipinski definition) is 1. The highest BCUT2D eigenvalue weighted by molar-refractivity contribution is 9.10. The van der Waals surface area contributed by atoms with Gasteiger partial charge in [-0.05, 0) is 32.0 Å². The van der Waals surface area contributed by atoms with Crippen LogP contribution in [0.15, 0.2) is 22.7 Å². The summed E-state index contributed by atoms with van der Waals surface area (Å²) < 4.78 is 1.20. The largest absolute Gasteiger partial charge is 0.313 e. The van der Waals surface area contributed by atoms with Crippen LogP contribution in [0, 0.1) is 6.92 Å². The molecule has 0 heterocycles. The van der Waals surface area contributed by atoms with Gasteiger partial charge in [-0.3, -0.25) is 0 Å². The lowest BCUT2D eigenvalue weighted by atomic mass is 10.0. The van der Waals surface area contributed by atoms with Crippen LogP contribution >= 0.6 is 15.9 Å². The standard InChI is InChI=1S/C12H18BrN/c1-4-5-12(14-3)10-8-9(2)6-7-11(10)13/h6-8,12,14H,4-5H2,1-3H3. The van der Waals surface area contributed by atoms with Crippen LogP contribution in [-0.4, -0.2) is 7.05 Å². The Morgan fingerprint density at radius 1 is 1.43 bits per heavy atom. The van der Waals surface area contributed by atoms with E-state index in [9.17, 15) is 0 Å². The number of hydrogen-bond donors (Lipinski definition) is 1. The number of halogens is 1. The van der Waals surface area contributed by atoms with Gasteiger partial charge in [-0.15, -0.1) is 0 Å². The summed E-state index contributed by atoms with van der Waals surface area (Å²) in [5.41, 5.74) is 2.69. The van der Waals surface area contributed by atoms with Crippen LogP contribution in [0.2, 0.25) is 0 Å². The van der Waals surface area contributed by atoms with Crippen molar-refractivity contribution in [3.63, 3.8) is 0 Å².